The lowest BCUT2D eigenvalue weighted by Gasteiger charge is -2.18. The molecular weight excluding hydrogens is 206 g/mol. The Morgan fingerprint density at radius 3 is 2.07 bits per heavy atom. The fourth-order valence-electron chi connectivity index (χ4n) is 1.56. The predicted molar refractivity (Wildman–Crippen MR) is 69.5 cm³/mol. The number of halogens is 1. The van der Waals surface area contributed by atoms with Gasteiger partial charge in [0.2, 0.25) is 0 Å². The second-order valence-corrected chi connectivity index (χ2v) is 4.01. The van der Waals surface area contributed by atoms with Crippen LogP contribution in [0.4, 0.5) is 0 Å². The Hall–Kier alpha value is -0.530. The van der Waals surface area contributed by atoms with Gasteiger partial charge in [-0.1, -0.05) is 51.5 Å². The van der Waals surface area contributed by atoms with Gasteiger partial charge in [0, 0.05) is 6.04 Å². The third kappa shape index (κ3) is 3.84. The van der Waals surface area contributed by atoms with E-state index in [1.54, 1.807) is 0 Å². The molecule has 1 rings (SSSR count). The molecule has 2 atom stereocenters. The molecule has 1 aromatic carbocycles. The average Bonchev–Trinajstić information content (AvgIpc) is 2.27. The van der Waals surface area contributed by atoms with E-state index in [1.807, 2.05) is 0 Å². The first kappa shape index (κ1) is 14.5. The first-order valence-corrected chi connectivity index (χ1v) is 5.53. The molecule has 0 aliphatic heterocycles. The molecule has 1 unspecified atom stereocenters. The smallest absolute Gasteiger partial charge is 0.0320 e. The molecule has 2 N–H and O–H groups in total. The molecule has 0 fully saturated rings. The molecule has 1 aromatic rings. The molecule has 0 radical (unpaired) electrons. The highest BCUT2D eigenvalue weighted by atomic mass is 35.5. The lowest BCUT2D eigenvalue weighted by Crippen LogP contribution is -2.18. The topological polar surface area (TPSA) is 26.0 Å². The summed E-state index contributed by atoms with van der Waals surface area (Å²) in [4.78, 5) is 0. The quantitative estimate of drug-likeness (QED) is 0.834. The van der Waals surface area contributed by atoms with Crippen LogP contribution in [-0.4, -0.2) is 0 Å². The zero-order valence-corrected chi connectivity index (χ0v) is 10.7. The lowest BCUT2D eigenvalue weighted by atomic mass is 9.93. The van der Waals surface area contributed by atoms with Crippen molar-refractivity contribution in [1.29, 1.82) is 0 Å². The van der Waals surface area contributed by atoms with Crippen LogP contribution in [0.25, 0.3) is 0 Å². The third-order valence-corrected chi connectivity index (χ3v) is 3.03. The monoisotopic (exact) mass is 227 g/mol. The van der Waals surface area contributed by atoms with Crippen LogP contribution in [0.1, 0.15) is 44.4 Å². The highest BCUT2D eigenvalue weighted by Gasteiger charge is 2.12. The minimum absolute atomic E-state index is 0. The Bertz CT molecular complexity index is 268. The Kier molecular flexibility index (Phi) is 6.62. The number of rotatable bonds is 4. The zero-order chi connectivity index (χ0) is 10.6. The second kappa shape index (κ2) is 6.86. The summed E-state index contributed by atoms with van der Waals surface area (Å²) in [5.74, 6) is 0.558. The van der Waals surface area contributed by atoms with Gasteiger partial charge in [-0.3, -0.25) is 0 Å². The molecule has 2 heteroatoms. The molecule has 0 bridgehead atoms. The predicted octanol–water partition coefficient (Wildman–Crippen LogP) is 3.72. The van der Waals surface area contributed by atoms with E-state index in [0.717, 1.165) is 12.8 Å². The SMILES string of the molecule is CCc1ccc([C@H](N)C(C)CC)cc1.Cl. The van der Waals surface area contributed by atoms with E-state index in [9.17, 15) is 0 Å². The molecule has 0 saturated carbocycles. The van der Waals surface area contributed by atoms with Gasteiger partial charge in [-0.15, -0.1) is 12.4 Å². The maximum atomic E-state index is 6.14. The Labute approximate surface area is 99.5 Å². The van der Waals surface area contributed by atoms with Gasteiger partial charge >= 0.3 is 0 Å². The lowest BCUT2D eigenvalue weighted by molar-refractivity contribution is 0.457. The van der Waals surface area contributed by atoms with Crippen LogP contribution < -0.4 is 5.73 Å². The number of hydrogen-bond acceptors (Lipinski definition) is 1. The van der Waals surface area contributed by atoms with Crippen LogP contribution in [0.5, 0.6) is 0 Å². The highest BCUT2D eigenvalue weighted by Crippen LogP contribution is 2.21. The van der Waals surface area contributed by atoms with Crippen LogP contribution in [0.2, 0.25) is 0 Å². The molecule has 0 aliphatic rings. The normalized spacial score (nSPS) is 14.1. The average molecular weight is 228 g/mol. The van der Waals surface area contributed by atoms with E-state index < -0.39 is 0 Å². The van der Waals surface area contributed by atoms with Gasteiger partial charge in [0.25, 0.3) is 0 Å². The van der Waals surface area contributed by atoms with Gasteiger partial charge < -0.3 is 5.73 Å². The van der Waals surface area contributed by atoms with Gasteiger partial charge in [0.1, 0.15) is 0 Å². The second-order valence-electron chi connectivity index (χ2n) is 4.01. The third-order valence-electron chi connectivity index (χ3n) is 3.03. The van der Waals surface area contributed by atoms with E-state index >= 15 is 0 Å². The summed E-state index contributed by atoms with van der Waals surface area (Å²) in [6.07, 6.45) is 2.23. The van der Waals surface area contributed by atoms with Crippen LogP contribution >= 0.6 is 12.4 Å². The largest absolute Gasteiger partial charge is 0.324 e. The summed E-state index contributed by atoms with van der Waals surface area (Å²) in [6.45, 7) is 6.56. The molecule has 0 aromatic heterocycles. The van der Waals surface area contributed by atoms with Crippen molar-refractivity contribution in [2.45, 2.75) is 39.7 Å². The minimum Gasteiger partial charge on any atom is -0.324 e. The van der Waals surface area contributed by atoms with Crippen LogP contribution in [0.15, 0.2) is 24.3 Å². The maximum absolute atomic E-state index is 6.14. The highest BCUT2D eigenvalue weighted by molar-refractivity contribution is 5.85. The summed E-state index contributed by atoms with van der Waals surface area (Å²) in [7, 11) is 0. The Morgan fingerprint density at radius 1 is 1.13 bits per heavy atom. The van der Waals surface area contributed by atoms with E-state index in [1.165, 1.54) is 11.1 Å². The maximum Gasteiger partial charge on any atom is 0.0320 e. The summed E-state index contributed by atoms with van der Waals surface area (Å²) in [5, 5.41) is 0. The number of hydrogen-bond donors (Lipinski definition) is 1. The Balaban J connectivity index is 0.00000196. The number of aryl methyl sites for hydroxylation is 1. The molecule has 0 saturated heterocycles. The molecule has 0 spiro atoms. The van der Waals surface area contributed by atoms with E-state index in [2.05, 4.69) is 45.0 Å². The summed E-state index contributed by atoms with van der Waals surface area (Å²) in [6, 6.07) is 8.87. The van der Waals surface area contributed by atoms with Crippen molar-refractivity contribution in [2.24, 2.45) is 11.7 Å². The van der Waals surface area contributed by atoms with Gasteiger partial charge in [0.15, 0.2) is 0 Å². The van der Waals surface area contributed by atoms with Crippen molar-refractivity contribution in [1.82, 2.24) is 0 Å². The first-order chi connectivity index (χ1) is 6.69. The Morgan fingerprint density at radius 2 is 1.67 bits per heavy atom. The fraction of sp³-hybridized carbons (Fsp3) is 0.538. The molecule has 86 valence electrons. The van der Waals surface area contributed by atoms with Crippen LogP contribution in [0, 0.1) is 5.92 Å². The van der Waals surface area contributed by atoms with Crippen molar-refractivity contribution >= 4 is 12.4 Å². The van der Waals surface area contributed by atoms with Crippen LogP contribution in [-0.2, 0) is 6.42 Å². The molecule has 1 nitrogen and oxygen atoms in total. The molecule has 15 heavy (non-hydrogen) atoms. The van der Waals surface area contributed by atoms with Gasteiger partial charge in [-0.25, -0.2) is 0 Å². The van der Waals surface area contributed by atoms with Gasteiger partial charge in [0.05, 0.1) is 0 Å². The van der Waals surface area contributed by atoms with Crippen molar-refractivity contribution in [3.05, 3.63) is 35.4 Å². The summed E-state index contributed by atoms with van der Waals surface area (Å²) in [5.41, 5.74) is 8.78. The van der Waals surface area contributed by atoms with Crippen LogP contribution in [0.3, 0.4) is 0 Å². The standard InChI is InChI=1S/C13H21N.ClH/c1-4-10(3)13(14)12-8-6-11(5-2)7-9-12;/h6-10,13H,4-5,14H2,1-3H3;1H/t10?,13-;/m1./s1. The van der Waals surface area contributed by atoms with Crippen molar-refractivity contribution < 1.29 is 0 Å². The minimum atomic E-state index is 0. The van der Waals surface area contributed by atoms with Gasteiger partial charge in [-0.05, 0) is 23.5 Å². The molecule has 0 amide bonds. The van der Waals surface area contributed by atoms with E-state index in [4.69, 9.17) is 5.73 Å². The van der Waals surface area contributed by atoms with Crippen molar-refractivity contribution in [2.75, 3.05) is 0 Å². The van der Waals surface area contributed by atoms with Crippen molar-refractivity contribution in [3.63, 3.8) is 0 Å². The number of nitrogens with two attached hydrogens (primary N) is 1. The molecular formula is C13H22ClN. The summed E-state index contributed by atoms with van der Waals surface area (Å²) >= 11 is 0. The molecule has 0 heterocycles. The fourth-order valence-corrected chi connectivity index (χ4v) is 1.56. The first-order valence-electron chi connectivity index (χ1n) is 5.53. The summed E-state index contributed by atoms with van der Waals surface area (Å²) < 4.78 is 0. The van der Waals surface area contributed by atoms with Gasteiger partial charge in [-0.2, -0.15) is 0 Å². The van der Waals surface area contributed by atoms with E-state index in [0.29, 0.717) is 5.92 Å². The van der Waals surface area contributed by atoms with E-state index in [-0.39, 0.29) is 18.4 Å². The number of benzene rings is 1. The zero-order valence-electron chi connectivity index (χ0n) is 9.86. The molecule has 0 aliphatic carbocycles. The van der Waals surface area contributed by atoms with Crippen molar-refractivity contribution in [3.8, 4) is 0 Å².